The molecule has 2 aromatic heterocycles. The lowest BCUT2D eigenvalue weighted by Gasteiger charge is -1.95. The van der Waals surface area contributed by atoms with Crippen LogP contribution in [-0.4, -0.2) is 14.6 Å². The molecule has 0 aliphatic rings. The summed E-state index contributed by atoms with van der Waals surface area (Å²) in [5, 5.41) is 5.13. The van der Waals surface area contributed by atoms with Crippen LogP contribution in [0.2, 0.25) is 5.02 Å². The minimum Gasteiger partial charge on any atom is -0.326 e. The molecule has 0 amide bonds. The van der Waals surface area contributed by atoms with E-state index in [1.807, 2.05) is 42.6 Å². The molecule has 4 nitrogen and oxygen atoms in total. The molecule has 3 rings (SSSR count). The Morgan fingerprint density at radius 2 is 1.89 bits per heavy atom. The van der Waals surface area contributed by atoms with E-state index in [4.69, 9.17) is 17.3 Å². The summed E-state index contributed by atoms with van der Waals surface area (Å²) in [7, 11) is 0. The largest absolute Gasteiger partial charge is 0.326 e. The van der Waals surface area contributed by atoms with Crippen molar-refractivity contribution in [2.75, 3.05) is 0 Å². The second-order valence-electron chi connectivity index (χ2n) is 3.99. The van der Waals surface area contributed by atoms with Crippen molar-refractivity contribution >= 4 is 17.2 Å². The van der Waals surface area contributed by atoms with Gasteiger partial charge in [-0.15, -0.1) is 5.10 Å². The van der Waals surface area contributed by atoms with Crippen LogP contribution >= 0.6 is 11.6 Å². The fourth-order valence-corrected chi connectivity index (χ4v) is 1.89. The Bertz CT molecular complexity index is 688. The number of benzene rings is 1. The van der Waals surface area contributed by atoms with Crippen LogP contribution in [0.1, 0.15) is 5.56 Å². The first-order chi connectivity index (χ1) is 8.76. The maximum atomic E-state index is 5.86. The molecule has 0 saturated heterocycles. The molecule has 18 heavy (non-hydrogen) atoms. The van der Waals surface area contributed by atoms with Crippen LogP contribution in [0.3, 0.4) is 0 Å². The third-order valence-corrected chi connectivity index (χ3v) is 2.98. The Balaban J connectivity index is 2.10. The maximum absolute atomic E-state index is 5.86. The molecule has 0 atom stereocenters. The quantitative estimate of drug-likeness (QED) is 0.768. The summed E-state index contributed by atoms with van der Waals surface area (Å²) in [6, 6.07) is 11.3. The van der Waals surface area contributed by atoms with E-state index >= 15 is 0 Å². The lowest BCUT2D eigenvalue weighted by Crippen LogP contribution is -1.98. The third kappa shape index (κ3) is 1.96. The molecule has 0 unspecified atom stereocenters. The Hall–Kier alpha value is -1.91. The normalized spacial score (nSPS) is 11.0. The molecular formula is C13H11ClN4. The summed E-state index contributed by atoms with van der Waals surface area (Å²) < 4.78 is 1.74. The molecule has 0 fully saturated rings. The van der Waals surface area contributed by atoms with E-state index in [2.05, 4.69) is 10.1 Å². The molecule has 0 spiro atoms. The van der Waals surface area contributed by atoms with Gasteiger partial charge in [0.15, 0.2) is 11.5 Å². The van der Waals surface area contributed by atoms with Crippen molar-refractivity contribution in [1.29, 1.82) is 0 Å². The fourth-order valence-electron chi connectivity index (χ4n) is 1.77. The summed E-state index contributed by atoms with van der Waals surface area (Å²) in [6.45, 7) is 0.492. The van der Waals surface area contributed by atoms with E-state index in [0.717, 1.165) is 16.8 Å². The average molecular weight is 259 g/mol. The van der Waals surface area contributed by atoms with Gasteiger partial charge in [-0.1, -0.05) is 17.7 Å². The first-order valence-corrected chi connectivity index (χ1v) is 5.95. The van der Waals surface area contributed by atoms with E-state index in [-0.39, 0.29) is 0 Å². The highest BCUT2D eigenvalue weighted by atomic mass is 35.5. The van der Waals surface area contributed by atoms with E-state index in [0.29, 0.717) is 17.4 Å². The lowest BCUT2D eigenvalue weighted by molar-refractivity contribution is 0.931. The van der Waals surface area contributed by atoms with Crippen molar-refractivity contribution < 1.29 is 0 Å². The fraction of sp³-hybridized carbons (Fsp3) is 0.0769. The van der Waals surface area contributed by atoms with E-state index in [1.165, 1.54) is 0 Å². The highest BCUT2D eigenvalue weighted by Crippen LogP contribution is 2.19. The number of hydrogen-bond acceptors (Lipinski definition) is 3. The van der Waals surface area contributed by atoms with Gasteiger partial charge in [0.25, 0.3) is 0 Å². The van der Waals surface area contributed by atoms with E-state index in [1.54, 1.807) is 4.52 Å². The van der Waals surface area contributed by atoms with Gasteiger partial charge in [0.2, 0.25) is 0 Å². The summed E-state index contributed by atoms with van der Waals surface area (Å²) in [5.41, 5.74) is 8.37. The Morgan fingerprint density at radius 1 is 1.11 bits per heavy atom. The second kappa shape index (κ2) is 4.40. The first kappa shape index (κ1) is 11.2. The van der Waals surface area contributed by atoms with Crippen LogP contribution in [0.4, 0.5) is 0 Å². The summed E-state index contributed by atoms with van der Waals surface area (Å²) in [5.74, 6) is 0.681. The van der Waals surface area contributed by atoms with Gasteiger partial charge in [-0.2, -0.15) is 0 Å². The van der Waals surface area contributed by atoms with Gasteiger partial charge >= 0.3 is 0 Å². The zero-order chi connectivity index (χ0) is 12.5. The molecule has 2 heterocycles. The van der Waals surface area contributed by atoms with Crippen LogP contribution in [-0.2, 0) is 6.54 Å². The monoisotopic (exact) mass is 258 g/mol. The highest BCUT2D eigenvalue weighted by Gasteiger charge is 2.06. The van der Waals surface area contributed by atoms with Gasteiger partial charge in [0.05, 0.1) is 0 Å². The lowest BCUT2D eigenvalue weighted by atomic mass is 10.2. The SMILES string of the molecule is NCc1ccc2nc(-c3ccc(Cl)cc3)nn2c1. The molecule has 2 N–H and O–H groups in total. The molecular weight excluding hydrogens is 248 g/mol. The summed E-state index contributed by atoms with van der Waals surface area (Å²) in [4.78, 5) is 4.46. The minimum atomic E-state index is 0.492. The molecule has 0 saturated carbocycles. The smallest absolute Gasteiger partial charge is 0.182 e. The Morgan fingerprint density at radius 3 is 2.61 bits per heavy atom. The van der Waals surface area contributed by atoms with E-state index in [9.17, 15) is 0 Å². The van der Waals surface area contributed by atoms with Crippen LogP contribution < -0.4 is 5.73 Å². The van der Waals surface area contributed by atoms with Gasteiger partial charge in [-0.3, -0.25) is 0 Å². The third-order valence-electron chi connectivity index (χ3n) is 2.73. The Labute approximate surface area is 109 Å². The number of halogens is 1. The molecule has 0 aliphatic carbocycles. The molecule has 90 valence electrons. The molecule has 0 aliphatic heterocycles. The van der Waals surface area contributed by atoms with E-state index < -0.39 is 0 Å². The highest BCUT2D eigenvalue weighted by molar-refractivity contribution is 6.30. The van der Waals surface area contributed by atoms with Crippen molar-refractivity contribution in [3.63, 3.8) is 0 Å². The zero-order valence-corrected chi connectivity index (χ0v) is 10.3. The number of aromatic nitrogens is 3. The van der Waals surface area contributed by atoms with Crippen LogP contribution in [0.5, 0.6) is 0 Å². The molecule has 0 radical (unpaired) electrons. The Kier molecular flexibility index (Phi) is 2.74. The molecule has 5 heteroatoms. The van der Waals surface area contributed by atoms with Crippen LogP contribution in [0.25, 0.3) is 17.0 Å². The van der Waals surface area contributed by atoms with Crippen LogP contribution in [0, 0.1) is 0 Å². The van der Waals surface area contributed by atoms with Crippen molar-refractivity contribution in [1.82, 2.24) is 14.6 Å². The predicted octanol–water partition coefficient (Wildman–Crippen LogP) is 2.51. The molecule has 3 aromatic rings. The minimum absolute atomic E-state index is 0.492. The average Bonchev–Trinajstić information content (AvgIpc) is 2.82. The van der Waals surface area contributed by atoms with Crippen LogP contribution in [0.15, 0.2) is 42.6 Å². The van der Waals surface area contributed by atoms with Gasteiger partial charge in [-0.25, -0.2) is 9.50 Å². The number of nitrogens with two attached hydrogens (primary N) is 1. The molecule has 0 bridgehead atoms. The predicted molar refractivity (Wildman–Crippen MR) is 71.3 cm³/mol. The van der Waals surface area contributed by atoms with Gasteiger partial charge < -0.3 is 5.73 Å². The topological polar surface area (TPSA) is 56.2 Å². The maximum Gasteiger partial charge on any atom is 0.182 e. The summed E-state index contributed by atoms with van der Waals surface area (Å²) >= 11 is 5.86. The van der Waals surface area contributed by atoms with Gasteiger partial charge in [0, 0.05) is 23.3 Å². The van der Waals surface area contributed by atoms with Crippen molar-refractivity contribution in [2.24, 2.45) is 5.73 Å². The zero-order valence-electron chi connectivity index (χ0n) is 9.55. The number of hydrogen-bond donors (Lipinski definition) is 1. The first-order valence-electron chi connectivity index (χ1n) is 5.57. The van der Waals surface area contributed by atoms with Crippen molar-refractivity contribution in [2.45, 2.75) is 6.54 Å². The standard InChI is InChI=1S/C13H11ClN4/c14-11-4-2-10(3-5-11)13-16-12-6-1-9(7-15)8-18(12)17-13/h1-6,8H,7,15H2. The number of pyridine rings is 1. The van der Waals surface area contributed by atoms with Gasteiger partial charge in [0.1, 0.15) is 0 Å². The summed E-state index contributed by atoms with van der Waals surface area (Å²) in [6.07, 6.45) is 1.89. The van der Waals surface area contributed by atoms with Crippen molar-refractivity contribution in [3.05, 3.63) is 53.2 Å². The molecule has 1 aromatic carbocycles. The second-order valence-corrected chi connectivity index (χ2v) is 4.42. The van der Waals surface area contributed by atoms with Crippen molar-refractivity contribution in [3.8, 4) is 11.4 Å². The van der Waals surface area contributed by atoms with Gasteiger partial charge in [-0.05, 0) is 35.9 Å². The number of nitrogens with zero attached hydrogens (tertiary/aromatic N) is 3. The number of rotatable bonds is 2. The number of fused-ring (bicyclic) bond motifs is 1.